The van der Waals surface area contributed by atoms with Crippen LogP contribution in [0.3, 0.4) is 0 Å². The predicted octanol–water partition coefficient (Wildman–Crippen LogP) is 2.34. The van der Waals surface area contributed by atoms with Gasteiger partial charge in [-0.2, -0.15) is 0 Å². The summed E-state index contributed by atoms with van der Waals surface area (Å²) < 4.78 is 0. The molecule has 0 bridgehead atoms. The van der Waals surface area contributed by atoms with Gasteiger partial charge >= 0.3 is 0 Å². The Kier molecular flexibility index (Phi) is 2.33. The normalized spacial score (nSPS) is 21.4. The van der Waals surface area contributed by atoms with E-state index >= 15 is 0 Å². The first-order valence-electron chi connectivity index (χ1n) is 5.86. The zero-order valence-corrected chi connectivity index (χ0v) is 9.16. The van der Waals surface area contributed by atoms with Gasteiger partial charge in [-0.05, 0) is 43.0 Å². The van der Waals surface area contributed by atoms with Gasteiger partial charge in [-0.15, -0.1) is 0 Å². The first-order chi connectivity index (χ1) is 7.86. The smallest absolute Gasteiger partial charge is 0.125 e. The van der Waals surface area contributed by atoms with Gasteiger partial charge in [0.15, 0.2) is 0 Å². The van der Waals surface area contributed by atoms with Crippen molar-refractivity contribution in [2.24, 2.45) is 0 Å². The number of H-pyrrole nitrogens is 1. The lowest BCUT2D eigenvalue weighted by Crippen LogP contribution is -2.28. The summed E-state index contributed by atoms with van der Waals surface area (Å²) in [7, 11) is 0. The molecule has 0 aliphatic carbocycles. The van der Waals surface area contributed by atoms with E-state index in [0.717, 1.165) is 24.0 Å². The Hall–Kier alpha value is -1.48. The molecular formula is C13H16N2O. The van der Waals surface area contributed by atoms with E-state index in [1.165, 1.54) is 18.4 Å². The van der Waals surface area contributed by atoms with Crippen molar-refractivity contribution in [2.45, 2.75) is 18.8 Å². The van der Waals surface area contributed by atoms with Crippen molar-refractivity contribution in [2.75, 3.05) is 13.1 Å². The first-order valence-corrected chi connectivity index (χ1v) is 5.86. The fraction of sp³-hybridized carbons (Fsp3) is 0.385. The minimum Gasteiger partial charge on any atom is -0.507 e. The number of hydrogen-bond donors (Lipinski definition) is 3. The zero-order valence-electron chi connectivity index (χ0n) is 9.16. The molecule has 0 radical (unpaired) electrons. The molecule has 1 unspecified atom stereocenters. The summed E-state index contributed by atoms with van der Waals surface area (Å²) in [5.74, 6) is 0.912. The first kappa shape index (κ1) is 9.73. The van der Waals surface area contributed by atoms with Gasteiger partial charge in [0.05, 0.1) is 0 Å². The molecule has 0 spiro atoms. The van der Waals surface area contributed by atoms with Gasteiger partial charge in [-0.3, -0.25) is 0 Å². The van der Waals surface area contributed by atoms with Crippen molar-refractivity contribution < 1.29 is 5.11 Å². The van der Waals surface area contributed by atoms with Gasteiger partial charge in [0.2, 0.25) is 0 Å². The van der Waals surface area contributed by atoms with Crippen LogP contribution in [0.25, 0.3) is 10.9 Å². The molecule has 1 aliphatic rings. The molecule has 3 N–H and O–H groups in total. The van der Waals surface area contributed by atoms with Crippen LogP contribution in [0.15, 0.2) is 24.4 Å². The van der Waals surface area contributed by atoms with Crippen molar-refractivity contribution in [3.8, 4) is 5.75 Å². The Morgan fingerprint density at radius 2 is 2.25 bits per heavy atom. The van der Waals surface area contributed by atoms with Crippen molar-refractivity contribution in [3.05, 3.63) is 30.0 Å². The van der Waals surface area contributed by atoms with Crippen LogP contribution in [0.5, 0.6) is 5.75 Å². The fourth-order valence-corrected chi connectivity index (χ4v) is 2.63. The average Bonchev–Trinajstić information content (AvgIpc) is 2.75. The van der Waals surface area contributed by atoms with E-state index in [2.05, 4.69) is 10.3 Å². The van der Waals surface area contributed by atoms with E-state index < -0.39 is 0 Å². The standard InChI is InChI=1S/C13H16N2O/c16-12-5-1-4-11-13(12)10(8-15-11)9-3-2-6-14-7-9/h1,4-5,8-9,14-16H,2-3,6-7H2. The highest BCUT2D eigenvalue weighted by Gasteiger charge is 2.19. The lowest BCUT2D eigenvalue weighted by Gasteiger charge is -2.22. The van der Waals surface area contributed by atoms with Crippen LogP contribution in [0, 0.1) is 0 Å². The van der Waals surface area contributed by atoms with Crippen molar-refractivity contribution in [1.82, 2.24) is 10.3 Å². The van der Waals surface area contributed by atoms with Crippen LogP contribution in [-0.4, -0.2) is 23.2 Å². The quantitative estimate of drug-likeness (QED) is 0.685. The van der Waals surface area contributed by atoms with Crippen molar-refractivity contribution in [1.29, 1.82) is 0 Å². The third-order valence-corrected chi connectivity index (χ3v) is 3.45. The fourth-order valence-electron chi connectivity index (χ4n) is 2.63. The molecular weight excluding hydrogens is 200 g/mol. The number of nitrogens with one attached hydrogen (secondary N) is 2. The lowest BCUT2D eigenvalue weighted by atomic mass is 9.91. The second-order valence-corrected chi connectivity index (χ2v) is 4.49. The number of rotatable bonds is 1. The molecule has 2 aromatic rings. The van der Waals surface area contributed by atoms with Crippen molar-refractivity contribution in [3.63, 3.8) is 0 Å². The monoisotopic (exact) mass is 216 g/mol. The third-order valence-electron chi connectivity index (χ3n) is 3.45. The van der Waals surface area contributed by atoms with Gasteiger partial charge in [0.1, 0.15) is 5.75 Å². The van der Waals surface area contributed by atoms with E-state index in [1.807, 2.05) is 18.3 Å². The van der Waals surface area contributed by atoms with E-state index in [1.54, 1.807) is 6.07 Å². The topological polar surface area (TPSA) is 48.0 Å². The number of aromatic amines is 1. The molecule has 1 aromatic heterocycles. The summed E-state index contributed by atoms with van der Waals surface area (Å²) >= 11 is 0. The maximum atomic E-state index is 9.93. The van der Waals surface area contributed by atoms with Gasteiger partial charge in [0, 0.05) is 23.6 Å². The van der Waals surface area contributed by atoms with Crippen LogP contribution in [0.4, 0.5) is 0 Å². The highest BCUT2D eigenvalue weighted by Crippen LogP contribution is 2.34. The van der Waals surface area contributed by atoms with Crippen LogP contribution in [0.2, 0.25) is 0 Å². The van der Waals surface area contributed by atoms with Crippen LogP contribution >= 0.6 is 0 Å². The lowest BCUT2D eigenvalue weighted by molar-refractivity contribution is 0.459. The Bertz CT molecular complexity index is 498. The highest BCUT2D eigenvalue weighted by atomic mass is 16.3. The minimum atomic E-state index is 0.388. The van der Waals surface area contributed by atoms with Crippen LogP contribution in [-0.2, 0) is 0 Å². The molecule has 1 aliphatic heterocycles. The number of piperidine rings is 1. The van der Waals surface area contributed by atoms with Gasteiger partial charge in [-0.1, -0.05) is 6.07 Å². The maximum absolute atomic E-state index is 9.93. The zero-order chi connectivity index (χ0) is 11.0. The summed E-state index contributed by atoms with van der Waals surface area (Å²) in [5.41, 5.74) is 2.28. The number of benzene rings is 1. The largest absolute Gasteiger partial charge is 0.507 e. The molecule has 1 atom stereocenters. The number of aromatic hydroxyl groups is 1. The number of hydrogen-bond acceptors (Lipinski definition) is 2. The summed E-state index contributed by atoms with van der Waals surface area (Å²) in [4.78, 5) is 3.24. The number of phenols is 1. The van der Waals surface area contributed by atoms with Crippen molar-refractivity contribution >= 4 is 10.9 Å². The number of phenolic OH excluding ortho intramolecular Hbond substituents is 1. The Morgan fingerprint density at radius 3 is 3.06 bits per heavy atom. The Labute approximate surface area is 94.5 Å². The Morgan fingerprint density at radius 1 is 1.31 bits per heavy atom. The Balaban J connectivity index is 2.09. The molecule has 3 nitrogen and oxygen atoms in total. The van der Waals surface area contributed by atoms with Gasteiger partial charge in [-0.25, -0.2) is 0 Å². The molecule has 0 amide bonds. The molecule has 2 heterocycles. The summed E-state index contributed by atoms with van der Waals surface area (Å²) in [5, 5.41) is 14.3. The highest BCUT2D eigenvalue weighted by molar-refractivity contribution is 5.89. The second kappa shape index (κ2) is 3.83. The number of aromatic nitrogens is 1. The van der Waals surface area contributed by atoms with Gasteiger partial charge < -0.3 is 15.4 Å². The van der Waals surface area contributed by atoms with E-state index in [-0.39, 0.29) is 0 Å². The predicted molar refractivity (Wildman–Crippen MR) is 64.8 cm³/mol. The van der Waals surface area contributed by atoms with E-state index in [4.69, 9.17) is 0 Å². The maximum Gasteiger partial charge on any atom is 0.125 e. The van der Waals surface area contributed by atoms with Gasteiger partial charge in [0.25, 0.3) is 0 Å². The minimum absolute atomic E-state index is 0.388. The molecule has 1 aromatic carbocycles. The number of fused-ring (bicyclic) bond motifs is 1. The molecule has 84 valence electrons. The van der Waals surface area contributed by atoms with Crippen LogP contribution in [0.1, 0.15) is 24.3 Å². The molecule has 3 heteroatoms. The van der Waals surface area contributed by atoms with E-state index in [0.29, 0.717) is 11.7 Å². The molecule has 1 saturated heterocycles. The molecule has 0 saturated carbocycles. The SMILES string of the molecule is Oc1cccc2[nH]cc(C3CCCNC3)c12. The summed E-state index contributed by atoms with van der Waals surface area (Å²) in [6.45, 7) is 2.13. The summed E-state index contributed by atoms with van der Waals surface area (Å²) in [6, 6.07) is 5.64. The third kappa shape index (κ3) is 1.48. The van der Waals surface area contributed by atoms with Crippen LogP contribution < -0.4 is 5.32 Å². The molecule has 3 rings (SSSR count). The average molecular weight is 216 g/mol. The summed E-state index contributed by atoms with van der Waals surface area (Å²) in [6.07, 6.45) is 4.46. The molecule has 1 fully saturated rings. The second-order valence-electron chi connectivity index (χ2n) is 4.49. The van der Waals surface area contributed by atoms with E-state index in [9.17, 15) is 5.11 Å². The molecule has 16 heavy (non-hydrogen) atoms.